The van der Waals surface area contributed by atoms with Crippen LogP contribution in [0, 0.1) is 0 Å². The molecule has 0 saturated carbocycles. The van der Waals surface area contributed by atoms with Gasteiger partial charge in [-0.25, -0.2) is 0 Å². The Balaban J connectivity index is 2.12. The fourth-order valence-corrected chi connectivity index (χ4v) is 3.09. The smallest absolute Gasteiger partial charge is 0.0454 e. The number of hydrogen-bond donors (Lipinski definition) is 1. The molecule has 1 saturated heterocycles. The van der Waals surface area contributed by atoms with E-state index in [-0.39, 0.29) is 0 Å². The molecule has 1 aliphatic rings. The van der Waals surface area contributed by atoms with Crippen molar-refractivity contribution < 1.29 is 0 Å². The number of likely N-dealkylation sites (tertiary alicyclic amines) is 1. The van der Waals surface area contributed by atoms with Crippen molar-refractivity contribution in [2.45, 2.75) is 58.3 Å². The van der Waals surface area contributed by atoms with Crippen LogP contribution in [0.5, 0.6) is 0 Å². The van der Waals surface area contributed by atoms with Crippen molar-refractivity contribution in [3.8, 4) is 0 Å². The number of rotatable bonds is 3. The number of halogens is 1. The lowest BCUT2D eigenvalue weighted by molar-refractivity contribution is 0.0953. The first-order chi connectivity index (χ1) is 8.61. The molecule has 1 heterocycles. The molecule has 0 spiro atoms. The number of nitrogens with zero attached hydrogens (tertiary/aromatic N) is 1. The zero-order valence-corrected chi connectivity index (χ0v) is 12.1. The van der Waals surface area contributed by atoms with Crippen LogP contribution in [0.2, 0.25) is 5.02 Å². The first-order valence-electron chi connectivity index (χ1n) is 6.85. The van der Waals surface area contributed by atoms with Crippen molar-refractivity contribution in [1.82, 2.24) is 4.90 Å². The minimum absolute atomic E-state index is 0.552. The van der Waals surface area contributed by atoms with Crippen LogP contribution < -0.4 is 5.73 Å². The van der Waals surface area contributed by atoms with Gasteiger partial charge in [-0.15, -0.1) is 0 Å². The average Bonchev–Trinajstić information content (AvgIpc) is 2.35. The summed E-state index contributed by atoms with van der Waals surface area (Å²) in [7, 11) is 0. The van der Waals surface area contributed by atoms with E-state index in [1.165, 1.54) is 24.8 Å². The van der Waals surface area contributed by atoms with Gasteiger partial charge >= 0.3 is 0 Å². The predicted molar refractivity (Wildman–Crippen MR) is 77.7 cm³/mol. The molecule has 0 bridgehead atoms. The average molecular weight is 267 g/mol. The van der Waals surface area contributed by atoms with Crippen molar-refractivity contribution in [2.24, 2.45) is 5.73 Å². The highest BCUT2D eigenvalue weighted by Crippen LogP contribution is 2.27. The Morgan fingerprint density at radius 2 is 1.94 bits per heavy atom. The number of hydrogen-bond acceptors (Lipinski definition) is 2. The van der Waals surface area contributed by atoms with Gasteiger partial charge in [0.2, 0.25) is 0 Å². The Labute approximate surface area is 115 Å². The molecule has 2 atom stereocenters. The molecule has 2 rings (SSSR count). The van der Waals surface area contributed by atoms with Gasteiger partial charge in [-0.1, -0.05) is 30.2 Å². The van der Waals surface area contributed by atoms with Crippen molar-refractivity contribution in [1.29, 1.82) is 0 Å². The van der Waals surface area contributed by atoms with Gasteiger partial charge in [0.25, 0.3) is 0 Å². The van der Waals surface area contributed by atoms with E-state index in [4.69, 9.17) is 17.3 Å². The van der Waals surface area contributed by atoms with Crippen LogP contribution in [0.25, 0.3) is 0 Å². The van der Waals surface area contributed by atoms with E-state index in [0.29, 0.717) is 18.6 Å². The lowest BCUT2D eigenvalue weighted by Crippen LogP contribution is -2.43. The Hall–Kier alpha value is -0.570. The van der Waals surface area contributed by atoms with Gasteiger partial charge in [-0.3, -0.25) is 4.90 Å². The molecule has 0 aromatic heterocycles. The van der Waals surface area contributed by atoms with E-state index in [1.807, 2.05) is 6.07 Å². The summed E-state index contributed by atoms with van der Waals surface area (Å²) >= 11 is 6.34. The predicted octanol–water partition coefficient (Wildman–Crippen LogP) is 3.56. The third-order valence-electron chi connectivity index (χ3n) is 4.08. The maximum Gasteiger partial charge on any atom is 0.0454 e. The topological polar surface area (TPSA) is 29.3 Å². The van der Waals surface area contributed by atoms with Crippen LogP contribution >= 0.6 is 11.6 Å². The second kappa shape index (κ2) is 6.05. The molecule has 2 nitrogen and oxygen atoms in total. The Morgan fingerprint density at radius 3 is 2.50 bits per heavy atom. The van der Waals surface area contributed by atoms with Gasteiger partial charge in [0.15, 0.2) is 0 Å². The molecule has 100 valence electrons. The van der Waals surface area contributed by atoms with E-state index in [0.717, 1.165) is 17.1 Å². The maximum absolute atomic E-state index is 6.34. The van der Waals surface area contributed by atoms with Crippen LogP contribution in [-0.2, 0) is 13.1 Å². The van der Waals surface area contributed by atoms with Crippen molar-refractivity contribution >= 4 is 11.6 Å². The molecule has 1 aromatic carbocycles. The van der Waals surface area contributed by atoms with E-state index < -0.39 is 0 Å². The molecular weight excluding hydrogens is 244 g/mol. The number of nitrogens with two attached hydrogens (primary N) is 1. The molecule has 1 aromatic rings. The maximum atomic E-state index is 6.34. The van der Waals surface area contributed by atoms with Crippen molar-refractivity contribution in [2.75, 3.05) is 0 Å². The Morgan fingerprint density at radius 1 is 1.28 bits per heavy atom. The minimum atomic E-state index is 0.552. The summed E-state index contributed by atoms with van der Waals surface area (Å²) in [6.07, 6.45) is 3.93. The van der Waals surface area contributed by atoms with Crippen LogP contribution in [0.1, 0.15) is 44.2 Å². The van der Waals surface area contributed by atoms with Gasteiger partial charge in [0.1, 0.15) is 0 Å². The molecule has 0 aliphatic carbocycles. The van der Waals surface area contributed by atoms with Crippen LogP contribution in [0.15, 0.2) is 18.2 Å². The molecule has 0 unspecified atom stereocenters. The fraction of sp³-hybridized carbons (Fsp3) is 0.600. The zero-order valence-electron chi connectivity index (χ0n) is 11.3. The molecule has 0 radical (unpaired) electrons. The van der Waals surface area contributed by atoms with Gasteiger partial charge in [-0.05, 0) is 43.9 Å². The van der Waals surface area contributed by atoms with Crippen molar-refractivity contribution in [3.05, 3.63) is 34.3 Å². The lowest BCUT2D eigenvalue weighted by Gasteiger charge is -2.39. The standard InChI is InChI=1S/C15H23ClN2/c1-11-4-3-5-12(2)18(11)10-14-7-6-13(9-17)8-15(14)16/h6-8,11-12H,3-5,9-10,17H2,1-2H3/t11-,12+. The number of benzene rings is 1. The van der Waals surface area contributed by atoms with Crippen molar-refractivity contribution in [3.63, 3.8) is 0 Å². The SMILES string of the molecule is C[C@@H]1CCC[C@H](C)N1Cc1ccc(CN)cc1Cl. The molecule has 1 aliphatic heterocycles. The minimum Gasteiger partial charge on any atom is -0.326 e. The molecule has 18 heavy (non-hydrogen) atoms. The van der Waals surface area contributed by atoms with E-state index in [9.17, 15) is 0 Å². The molecule has 0 amide bonds. The summed E-state index contributed by atoms with van der Waals surface area (Å²) in [6, 6.07) is 7.51. The quantitative estimate of drug-likeness (QED) is 0.906. The van der Waals surface area contributed by atoms with Gasteiger partial charge in [0.05, 0.1) is 0 Å². The Kier molecular flexibility index (Phi) is 4.66. The molecule has 3 heteroatoms. The Bertz CT molecular complexity index is 395. The third kappa shape index (κ3) is 3.05. The van der Waals surface area contributed by atoms with Crippen LogP contribution in [0.4, 0.5) is 0 Å². The summed E-state index contributed by atoms with van der Waals surface area (Å²) in [5.74, 6) is 0. The summed E-state index contributed by atoms with van der Waals surface area (Å²) in [5, 5.41) is 0.850. The molecular formula is C15H23ClN2. The van der Waals surface area contributed by atoms with Gasteiger partial charge in [-0.2, -0.15) is 0 Å². The fourth-order valence-electron chi connectivity index (χ4n) is 2.83. The highest BCUT2D eigenvalue weighted by Gasteiger charge is 2.24. The molecule has 1 fully saturated rings. The highest BCUT2D eigenvalue weighted by atomic mass is 35.5. The first-order valence-corrected chi connectivity index (χ1v) is 7.22. The third-order valence-corrected chi connectivity index (χ3v) is 4.43. The summed E-state index contributed by atoms with van der Waals surface area (Å²) in [4.78, 5) is 2.56. The summed E-state index contributed by atoms with van der Waals surface area (Å²) < 4.78 is 0. The second-order valence-corrected chi connectivity index (χ2v) is 5.84. The van der Waals surface area contributed by atoms with Crippen LogP contribution in [-0.4, -0.2) is 17.0 Å². The first kappa shape index (κ1) is 13.9. The lowest BCUT2D eigenvalue weighted by atomic mass is 9.96. The number of piperidine rings is 1. The van der Waals surface area contributed by atoms with E-state index in [2.05, 4.69) is 30.9 Å². The van der Waals surface area contributed by atoms with E-state index >= 15 is 0 Å². The second-order valence-electron chi connectivity index (χ2n) is 5.43. The monoisotopic (exact) mass is 266 g/mol. The highest BCUT2D eigenvalue weighted by molar-refractivity contribution is 6.31. The normalized spacial score (nSPS) is 25.3. The summed E-state index contributed by atoms with van der Waals surface area (Å²) in [6.45, 7) is 6.14. The molecule has 2 N–H and O–H groups in total. The summed E-state index contributed by atoms with van der Waals surface area (Å²) in [5.41, 5.74) is 7.95. The van der Waals surface area contributed by atoms with Gasteiger partial charge < -0.3 is 5.73 Å². The zero-order chi connectivity index (χ0) is 13.1. The van der Waals surface area contributed by atoms with E-state index in [1.54, 1.807) is 0 Å². The van der Waals surface area contributed by atoms with Gasteiger partial charge in [0, 0.05) is 30.2 Å². The van der Waals surface area contributed by atoms with Crippen LogP contribution in [0.3, 0.4) is 0 Å². The largest absolute Gasteiger partial charge is 0.326 e.